The summed E-state index contributed by atoms with van der Waals surface area (Å²) in [4.78, 5) is 22.7. The third-order valence-corrected chi connectivity index (χ3v) is 7.38. The highest BCUT2D eigenvalue weighted by atomic mass is 35.5. The van der Waals surface area contributed by atoms with E-state index in [1.54, 1.807) is 0 Å². The Morgan fingerprint density at radius 3 is 2.52 bits per heavy atom. The molecular formula is C22H36Cl2N4O3. The fourth-order valence-electron chi connectivity index (χ4n) is 5.30. The summed E-state index contributed by atoms with van der Waals surface area (Å²) in [6, 6.07) is 0.654. The Kier molecular flexibility index (Phi) is 8.66. The van der Waals surface area contributed by atoms with Gasteiger partial charge in [0.25, 0.3) is 0 Å². The number of hydrogen-bond acceptors (Lipinski definition) is 6. The van der Waals surface area contributed by atoms with Gasteiger partial charge in [0.1, 0.15) is 11.5 Å². The molecule has 7 nitrogen and oxygen atoms in total. The smallest absolute Gasteiger partial charge is 0.227 e. The number of ether oxygens (including phenoxy) is 1. The lowest BCUT2D eigenvalue weighted by atomic mass is 9.85. The van der Waals surface area contributed by atoms with Gasteiger partial charge in [-0.25, -0.2) is 4.98 Å². The molecule has 1 aliphatic carbocycles. The van der Waals surface area contributed by atoms with Crippen LogP contribution in [0.5, 0.6) is 0 Å². The molecule has 0 unspecified atom stereocenters. The van der Waals surface area contributed by atoms with Gasteiger partial charge in [-0.05, 0) is 38.5 Å². The zero-order valence-corrected chi connectivity index (χ0v) is 19.8. The maximum Gasteiger partial charge on any atom is 0.227 e. The van der Waals surface area contributed by atoms with Crippen molar-refractivity contribution in [3.63, 3.8) is 0 Å². The van der Waals surface area contributed by atoms with Gasteiger partial charge < -0.3 is 19.8 Å². The molecule has 5 rings (SSSR count). The molecule has 2 saturated heterocycles. The number of carbonyl (C=O) groups excluding carboxylic acids is 1. The minimum absolute atomic E-state index is 0. The fourth-order valence-corrected chi connectivity index (χ4v) is 5.30. The first-order valence-corrected chi connectivity index (χ1v) is 11.5. The Hall–Kier alpha value is -0.860. The van der Waals surface area contributed by atoms with Crippen molar-refractivity contribution in [2.45, 2.75) is 75.9 Å². The Morgan fingerprint density at radius 2 is 1.81 bits per heavy atom. The van der Waals surface area contributed by atoms with E-state index in [2.05, 4.69) is 4.90 Å². The van der Waals surface area contributed by atoms with Crippen LogP contribution in [0.15, 0.2) is 4.42 Å². The van der Waals surface area contributed by atoms with Gasteiger partial charge in [0.15, 0.2) is 5.89 Å². The number of carbonyl (C=O) groups is 1. The molecule has 176 valence electrons. The van der Waals surface area contributed by atoms with Crippen LogP contribution >= 0.6 is 24.8 Å². The Labute approximate surface area is 197 Å². The largest absolute Gasteiger partial charge is 0.445 e. The summed E-state index contributed by atoms with van der Waals surface area (Å²) >= 11 is 0. The number of oxazole rings is 1. The Balaban J connectivity index is 0.00000136. The molecule has 4 heterocycles. The van der Waals surface area contributed by atoms with Gasteiger partial charge in [-0.1, -0.05) is 6.42 Å². The summed E-state index contributed by atoms with van der Waals surface area (Å²) in [5, 5.41) is 0. The number of likely N-dealkylation sites (tertiary alicyclic amines) is 1. The molecule has 1 aromatic heterocycles. The zero-order chi connectivity index (χ0) is 19.8. The number of nitrogens with zero attached hydrogens (tertiary/aromatic N) is 3. The second-order valence-electron chi connectivity index (χ2n) is 9.39. The first-order valence-electron chi connectivity index (χ1n) is 11.5. The second kappa shape index (κ2) is 10.8. The maximum atomic E-state index is 13.4. The molecule has 31 heavy (non-hydrogen) atoms. The third-order valence-electron chi connectivity index (χ3n) is 7.38. The molecule has 1 saturated carbocycles. The minimum Gasteiger partial charge on any atom is -0.445 e. The van der Waals surface area contributed by atoms with Gasteiger partial charge in [0, 0.05) is 57.3 Å². The molecule has 0 bridgehead atoms. The van der Waals surface area contributed by atoms with Crippen LogP contribution in [0, 0.1) is 5.92 Å². The normalized spacial score (nSPS) is 28.0. The van der Waals surface area contributed by atoms with E-state index in [0.29, 0.717) is 18.5 Å². The van der Waals surface area contributed by atoms with Crippen LogP contribution in [-0.4, -0.2) is 65.6 Å². The number of amides is 1. The van der Waals surface area contributed by atoms with E-state index in [-0.39, 0.29) is 42.7 Å². The zero-order valence-electron chi connectivity index (χ0n) is 18.2. The predicted octanol–water partition coefficient (Wildman–Crippen LogP) is 2.89. The SMILES string of the molecule is Cl.Cl.N[C@@H]1CC[C@H](C(=O)N2CCc3oc(C4CCC4)nc3C2)CN(C2CCOCC2)C1. The average Bonchev–Trinajstić information content (AvgIpc) is 3.00. The molecule has 2 atom stereocenters. The Bertz CT molecular complexity index is 736. The first-order chi connectivity index (χ1) is 14.2. The highest BCUT2D eigenvalue weighted by Crippen LogP contribution is 2.37. The average molecular weight is 475 g/mol. The molecule has 0 spiro atoms. The van der Waals surface area contributed by atoms with E-state index in [9.17, 15) is 4.79 Å². The quantitative estimate of drug-likeness (QED) is 0.724. The lowest BCUT2D eigenvalue weighted by Crippen LogP contribution is -2.48. The van der Waals surface area contributed by atoms with Crippen molar-refractivity contribution in [3.8, 4) is 0 Å². The fraction of sp³-hybridized carbons (Fsp3) is 0.818. The molecule has 9 heteroatoms. The highest BCUT2D eigenvalue weighted by Gasteiger charge is 2.36. The lowest BCUT2D eigenvalue weighted by Gasteiger charge is -2.36. The molecule has 1 aromatic rings. The van der Waals surface area contributed by atoms with Gasteiger partial charge >= 0.3 is 0 Å². The summed E-state index contributed by atoms with van der Waals surface area (Å²) < 4.78 is 11.6. The van der Waals surface area contributed by atoms with Crippen LogP contribution in [0.25, 0.3) is 0 Å². The van der Waals surface area contributed by atoms with Crippen molar-refractivity contribution in [3.05, 3.63) is 17.3 Å². The maximum absolute atomic E-state index is 13.4. The van der Waals surface area contributed by atoms with Gasteiger partial charge in [-0.2, -0.15) is 0 Å². The lowest BCUT2D eigenvalue weighted by molar-refractivity contribution is -0.137. The van der Waals surface area contributed by atoms with E-state index in [1.165, 1.54) is 19.3 Å². The van der Waals surface area contributed by atoms with Crippen LogP contribution < -0.4 is 5.73 Å². The summed E-state index contributed by atoms with van der Waals surface area (Å²) in [7, 11) is 0. The second-order valence-corrected chi connectivity index (χ2v) is 9.39. The number of aromatic nitrogens is 1. The topological polar surface area (TPSA) is 84.8 Å². The van der Waals surface area contributed by atoms with Crippen molar-refractivity contribution in [1.29, 1.82) is 0 Å². The van der Waals surface area contributed by atoms with Crippen LogP contribution in [0.3, 0.4) is 0 Å². The van der Waals surface area contributed by atoms with E-state index in [1.807, 2.05) is 4.90 Å². The van der Waals surface area contributed by atoms with Gasteiger partial charge in [-0.15, -0.1) is 24.8 Å². The van der Waals surface area contributed by atoms with Crippen molar-refractivity contribution in [1.82, 2.24) is 14.8 Å². The molecule has 3 aliphatic heterocycles. The molecule has 3 fully saturated rings. The number of hydrogen-bond donors (Lipinski definition) is 1. The van der Waals surface area contributed by atoms with Crippen LogP contribution in [0.4, 0.5) is 0 Å². The summed E-state index contributed by atoms with van der Waals surface area (Å²) in [5.41, 5.74) is 7.35. The molecule has 4 aliphatic rings. The van der Waals surface area contributed by atoms with Gasteiger partial charge in [0.05, 0.1) is 12.5 Å². The molecule has 0 radical (unpaired) electrons. The third kappa shape index (κ3) is 5.38. The summed E-state index contributed by atoms with van der Waals surface area (Å²) in [5.74, 6) is 2.71. The number of halogens is 2. The molecular weight excluding hydrogens is 439 g/mol. The number of nitrogens with two attached hydrogens (primary N) is 1. The summed E-state index contributed by atoms with van der Waals surface area (Å²) in [6.07, 6.45) is 8.33. The van der Waals surface area contributed by atoms with E-state index in [4.69, 9.17) is 19.9 Å². The van der Waals surface area contributed by atoms with Crippen molar-refractivity contribution in [2.75, 3.05) is 32.8 Å². The van der Waals surface area contributed by atoms with Crippen molar-refractivity contribution < 1.29 is 13.9 Å². The van der Waals surface area contributed by atoms with Gasteiger partial charge in [-0.3, -0.25) is 9.69 Å². The van der Waals surface area contributed by atoms with E-state index >= 15 is 0 Å². The first kappa shape index (κ1) is 24.8. The van der Waals surface area contributed by atoms with E-state index in [0.717, 1.165) is 82.3 Å². The molecule has 1 amide bonds. The molecule has 0 aromatic carbocycles. The number of fused-ring (bicyclic) bond motifs is 1. The van der Waals surface area contributed by atoms with Gasteiger partial charge in [0.2, 0.25) is 5.91 Å². The standard InChI is InChI=1S/C22H34N4O3.2ClH/c23-17-5-4-16(12-26(13-17)18-7-10-28-11-8-18)22(27)25-9-6-20-19(14-25)24-21(29-20)15-2-1-3-15;;/h15-18H,1-14,23H2;2*1H/t16-,17+;;/m0../s1. The van der Waals surface area contributed by atoms with Crippen LogP contribution in [0.2, 0.25) is 0 Å². The number of rotatable bonds is 3. The monoisotopic (exact) mass is 474 g/mol. The minimum atomic E-state index is 0. The molecule has 2 N–H and O–H groups in total. The van der Waals surface area contributed by atoms with Crippen LogP contribution in [0.1, 0.15) is 68.2 Å². The van der Waals surface area contributed by atoms with E-state index < -0.39 is 0 Å². The van der Waals surface area contributed by atoms with Crippen molar-refractivity contribution >= 4 is 30.7 Å². The highest BCUT2D eigenvalue weighted by molar-refractivity contribution is 5.85. The van der Waals surface area contributed by atoms with Crippen LogP contribution in [-0.2, 0) is 22.5 Å². The summed E-state index contributed by atoms with van der Waals surface area (Å²) in [6.45, 7) is 4.70. The predicted molar refractivity (Wildman–Crippen MR) is 123 cm³/mol. The Morgan fingerprint density at radius 1 is 1.03 bits per heavy atom. The van der Waals surface area contributed by atoms with Crippen molar-refractivity contribution in [2.24, 2.45) is 11.7 Å².